The average Bonchev–Trinajstić information content (AvgIpc) is 3.55. The molecule has 5 heterocycles. The van der Waals surface area contributed by atoms with Crippen LogP contribution in [0, 0.1) is 13.8 Å². The lowest BCUT2D eigenvalue weighted by atomic mass is 9.97. The van der Waals surface area contributed by atoms with Crippen LogP contribution in [0.4, 0.5) is 0 Å². The number of likely N-dealkylation sites (tertiary alicyclic amines) is 1. The van der Waals surface area contributed by atoms with Crippen molar-refractivity contribution in [2.75, 3.05) is 13.1 Å². The van der Waals surface area contributed by atoms with Crippen molar-refractivity contribution in [2.24, 2.45) is 0 Å². The first kappa shape index (κ1) is 20.2. The summed E-state index contributed by atoms with van der Waals surface area (Å²) in [6.07, 6.45) is 5.15. The minimum atomic E-state index is -0.124. The van der Waals surface area contributed by atoms with E-state index < -0.39 is 0 Å². The van der Waals surface area contributed by atoms with Gasteiger partial charge in [-0.25, -0.2) is 0 Å². The smallest absolute Gasteiger partial charge is 0.289 e. The number of hydrogen-bond acceptors (Lipinski definition) is 7. The van der Waals surface area contributed by atoms with E-state index in [2.05, 4.69) is 20.2 Å². The summed E-state index contributed by atoms with van der Waals surface area (Å²) in [6.45, 7) is 5.64. The number of aryl methyl sites for hydroxylation is 2. The van der Waals surface area contributed by atoms with Gasteiger partial charge in [0.1, 0.15) is 5.76 Å². The molecule has 0 bridgehead atoms. The Morgan fingerprint density at radius 3 is 2.94 bits per heavy atom. The molecule has 1 fully saturated rings. The van der Waals surface area contributed by atoms with E-state index in [0.717, 1.165) is 29.8 Å². The molecule has 0 unspecified atom stereocenters. The van der Waals surface area contributed by atoms with Gasteiger partial charge in [0.2, 0.25) is 11.7 Å². The summed E-state index contributed by atoms with van der Waals surface area (Å²) in [4.78, 5) is 23.5. The van der Waals surface area contributed by atoms with Crippen molar-refractivity contribution in [1.29, 1.82) is 0 Å². The second kappa shape index (κ2) is 8.41. The van der Waals surface area contributed by atoms with Crippen LogP contribution in [0.25, 0.3) is 11.4 Å². The first-order valence-electron chi connectivity index (χ1n) is 10.7. The van der Waals surface area contributed by atoms with Crippen molar-refractivity contribution in [3.63, 3.8) is 0 Å². The number of furan rings is 1. The molecule has 1 saturated heterocycles. The standard InChI is InChI=1S/C23H24N6O3/c1-15-11-16(2)29(26-15)14-19-7-8-20(31-19)23(30)28-10-4-6-18(13-28)22-25-21(27-32-22)17-5-3-9-24-12-17/h3,5,7-9,11-12,18H,4,6,10,13-14H2,1-2H3/t18-/m1/s1. The van der Waals surface area contributed by atoms with Crippen molar-refractivity contribution >= 4 is 5.91 Å². The Morgan fingerprint density at radius 1 is 1.25 bits per heavy atom. The van der Waals surface area contributed by atoms with Gasteiger partial charge in [0.05, 0.1) is 18.2 Å². The number of aromatic nitrogens is 5. The lowest BCUT2D eigenvalue weighted by molar-refractivity contribution is 0.0661. The third kappa shape index (κ3) is 4.05. The molecule has 4 aromatic rings. The van der Waals surface area contributed by atoms with Crippen molar-refractivity contribution in [3.8, 4) is 11.4 Å². The van der Waals surface area contributed by atoms with Gasteiger partial charge in [-0.15, -0.1) is 0 Å². The Labute approximate surface area is 185 Å². The average molecular weight is 432 g/mol. The van der Waals surface area contributed by atoms with E-state index in [-0.39, 0.29) is 11.8 Å². The molecular formula is C23H24N6O3. The number of piperidine rings is 1. The summed E-state index contributed by atoms with van der Waals surface area (Å²) in [7, 11) is 0. The fourth-order valence-corrected chi connectivity index (χ4v) is 4.09. The summed E-state index contributed by atoms with van der Waals surface area (Å²) < 4.78 is 13.2. The van der Waals surface area contributed by atoms with Gasteiger partial charge in [0.25, 0.3) is 5.91 Å². The molecule has 0 spiro atoms. The third-order valence-corrected chi connectivity index (χ3v) is 5.70. The molecule has 9 nitrogen and oxygen atoms in total. The van der Waals surface area contributed by atoms with Crippen LogP contribution in [0.3, 0.4) is 0 Å². The maximum absolute atomic E-state index is 13.1. The maximum Gasteiger partial charge on any atom is 0.289 e. The molecular weight excluding hydrogens is 408 g/mol. The summed E-state index contributed by atoms with van der Waals surface area (Å²) in [5.74, 6) is 1.97. The highest BCUT2D eigenvalue weighted by Gasteiger charge is 2.30. The predicted molar refractivity (Wildman–Crippen MR) is 115 cm³/mol. The molecule has 1 amide bonds. The minimum absolute atomic E-state index is 0.00486. The summed E-state index contributed by atoms with van der Waals surface area (Å²) in [5.41, 5.74) is 2.81. The number of carbonyl (C=O) groups is 1. The van der Waals surface area contributed by atoms with Crippen molar-refractivity contribution < 1.29 is 13.7 Å². The number of pyridine rings is 1. The zero-order valence-corrected chi connectivity index (χ0v) is 18.1. The molecule has 1 atom stereocenters. The monoisotopic (exact) mass is 432 g/mol. The molecule has 0 aliphatic carbocycles. The molecule has 1 aliphatic rings. The van der Waals surface area contributed by atoms with E-state index in [9.17, 15) is 4.79 Å². The van der Waals surface area contributed by atoms with Gasteiger partial charge >= 0.3 is 0 Å². The molecule has 0 aromatic carbocycles. The molecule has 5 rings (SSSR count). The van der Waals surface area contributed by atoms with Crippen molar-refractivity contribution in [2.45, 2.75) is 39.2 Å². The first-order chi connectivity index (χ1) is 15.6. The van der Waals surface area contributed by atoms with Gasteiger partial charge in [-0.3, -0.25) is 14.5 Å². The minimum Gasteiger partial charge on any atom is -0.454 e. The Bertz CT molecular complexity index is 1230. The Balaban J connectivity index is 1.27. The van der Waals surface area contributed by atoms with E-state index in [1.165, 1.54) is 0 Å². The number of amides is 1. The van der Waals surface area contributed by atoms with Crippen LogP contribution in [0.2, 0.25) is 0 Å². The number of carbonyl (C=O) groups excluding carboxylic acids is 1. The number of rotatable bonds is 5. The fraction of sp³-hybridized carbons (Fsp3) is 0.348. The van der Waals surface area contributed by atoms with E-state index >= 15 is 0 Å². The Kier molecular flexibility index (Phi) is 5.30. The molecule has 164 valence electrons. The molecule has 0 N–H and O–H groups in total. The topological polar surface area (TPSA) is 103 Å². The van der Waals surface area contributed by atoms with Crippen molar-refractivity contribution in [3.05, 3.63) is 71.5 Å². The van der Waals surface area contributed by atoms with Gasteiger partial charge in [0.15, 0.2) is 5.76 Å². The SMILES string of the molecule is Cc1cc(C)n(Cc2ccc(C(=O)N3CCC[C@@H](c4nc(-c5cccnc5)no4)C3)o2)n1. The third-order valence-electron chi connectivity index (χ3n) is 5.70. The normalized spacial score (nSPS) is 16.4. The second-order valence-corrected chi connectivity index (χ2v) is 8.14. The van der Waals surface area contributed by atoms with Crippen LogP contribution in [0.1, 0.15) is 52.4 Å². The van der Waals surface area contributed by atoms with Crippen molar-refractivity contribution in [1.82, 2.24) is 29.8 Å². The van der Waals surface area contributed by atoms with E-state index in [1.54, 1.807) is 23.4 Å². The second-order valence-electron chi connectivity index (χ2n) is 8.14. The summed E-state index contributed by atoms with van der Waals surface area (Å²) in [5, 5.41) is 8.54. The van der Waals surface area contributed by atoms with Gasteiger partial charge in [-0.2, -0.15) is 10.1 Å². The highest BCUT2D eigenvalue weighted by molar-refractivity contribution is 5.91. The van der Waals surface area contributed by atoms with Crippen LogP contribution in [0.15, 0.2) is 51.7 Å². The zero-order valence-electron chi connectivity index (χ0n) is 18.1. The van der Waals surface area contributed by atoms with Crippen LogP contribution in [-0.4, -0.2) is 48.8 Å². The van der Waals surface area contributed by atoms with Crippen LogP contribution >= 0.6 is 0 Å². The van der Waals surface area contributed by atoms with Gasteiger partial charge in [-0.1, -0.05) is 5.16 Å². The van der Waals surface area contributed by atoms with Gasteiger partial charge < -0.3 is 13.8 Å². The van der Waals surface area contributed by atoms with Crippen LogP contribution in [-0.2, 0) is 6.54 Å². The summed E-state index contributed by atoms with van der Waals surface area (Å²) in [6, 6.07) is 9.31. The molecule has 9 heteroatoms. The van der Waals surface area contributed by atoms with Crippen LogP contribution < -0.4 is 0 Å². The van der Waals surface area contributed by atoms with E-state index in [0.29, 0.717) is 42.9 Å². The molecule has 1 aliphatic heterocycles. The maximum atomic E-state index is 13.1. The highest BCUT2D eigenvalue weighted by atomic mass is 16.5. The lowest BCUT2D eigenvalue weighted by Crippen LogP contribution is -2.39. The quantitative estimate of drug-likeness (QED) is 0.475. The van der Waals surface area contributed by atoms with E-state index in [4.69, 9.17) is 8.94 Å². The molecule has 0 radical (unpaired) electrons. The largest absolute Gasteiger partial charge is 0.454 e. The summed E-state index contributed by atoms with van der Waals surface area (Å²) >= 11 is 0. The van der Waals surface area contributed by atoms with Gasteiger partial charge in [-0.05, 0) is 57.0 Å². The molecule has 0 saturated carbocycles. The molecule has 4 aromatic heterocycles. The predicted octanol–water partition coefficient (Wildman–Crippen LogP) is 3.61. The van der Waals surface area contributed by atoms with E-state index in [1.807, 2.05) is 42.8 Å². The highest BCUT2D eigenvalue weighted by Crippen LogP contribution is 2.28. The Morgan fingerprint density at radius 2 is 2.16 bits per heavy atom. The molecule has 32 heavy (non-hydrogen) atoms. The lowest BCUT2D eigenvalue weighted by Gasteiger charge is -2.30. The zero-order chi connectivity index (χ0) is 22.1. The first-order valence-corrected chi connectivity index (χ1v) is 10.7. The Hall–Kier alpha value is -3.75. The fourth-order valence-electron chi connectivity index (χ4n) is 4.09. The number of hydrogen-bond donors (Lipinski definition) is 0. The van der Waals surface area contributed by atoms with Gasteiger partial charge in [0, 0.05) is 36.7 Å². The number of nitrogens with zero attached hydrogens (tertiary/aromatic N) is 6. The van der Waals surface area contributed by atoms with Crippen LogP contribution in [0.5, 0.6) is 0 Å².